The Morgan fingerprint density at radius 2 is 2.29 bits per heavy atom. The molecule has 2 N–H and O–H groups in total. The molecule has 2 aliphatic rings. The monoisotopic (exact) mass is 326 g/mol. The highest BCUT2D eigenvalue weighted by molar-refractivity contribution is 5.96. The third-order valence-corrected chi connectivity index (χ3v) is 4.28. The Balaban J connectivity index is 1.46. The number of amides is 2. The van der Waals surface area contributed by atoms with E-state index in [9.17, 15) is 9.59 Å². The zero-order chi connectivity index (χ0) is 16.5. The average Bonchev–Trinajstić information content (AvgIpc) is 2.97. The lowest BCUT2D eigenvalue weighted by atomic mass is 10.1. The van der Waals surface area contributed by atoms with E-state index in [0.717, 1.165) is 43.0 Å². The molecule has 7 heteroatoms. The number of carbonyl (C=O) groups is 2. The van der Waals surface area contributed by atoms with Crippen molar-refractivity contribution in [2.24, 2.45) is 0 Å². The highest BCUT2D eigenvalue weighted by Crippen LogP contribution is 2.28. The van der Waals surface area contributed by atoms with E-state index in [1.54, 1.807) is 18.3 Å². The first-order chi connectivity index (χ1) is 11.7. The topological polar surface area (TPSA) is 85.2 Å². The van der Waals surface area contributed by atoms with Crippen molar-refractivity contribution in [3.05, 3.63) is 35.8 Å². The molecule has 0 saturated heterocycles. The van der Waals surface area contributed by atoms with Gasteiger partial charge in [0.05, 0.1) is 18.3 Å². The SMILES string of the molecule is O=C1COc2ccc(CC(=O)Nc3cnc4n3CCCC4)cc2N1. The minimum atomic E-state index is -0.185. The smallest absolute Gasteiger partial charge is 0.262 e. The molecule has 2 aliphatic heterocycles. The molecule has 0 aliphatic carbocycles. The number of ether oxygens (including phenoxy) is 1. The van der Waals surface area contributed by atoms with Crippen molar-refractivity contribution in [2.75, 3.05) is 17.2 Å². The lowest BCUT2D eigenvalue weighted by Crippen LogP contribution is -2.25. The van der Waals surface area contributed by atoms with Crippen LogP contribution < -0.4 is 15.4 Å². The van der Waals surface area contributed by atoms with Crippen molar-refractivity contribution in [1.29, 1.82) is 0 Å². The third-order valence-electron chi connectivity index (χ3n) is 4.28. The molecule has 0 radical (unpaired) electrons. The van der Waals surface area contributed by atoms with E-state index >= 15 is 0 Å². The van der Waals surface area contributed by atoms with E-state index in [2.05, 4.69) is 20.2 Å². The van der Waals surface area contributed by atoms with Crippen molar-refractivity contribution >= 4 is 23.3 Å². The average molecular weight is 326 g/mol. The Bertz CT molecular complexity index is 812. The molecule has 1 aromatic heterocycles. The molecular formula is C17H18N4O3. The van der Waals surface area contributed by atoms with Crippen molar-refractivity contribution in [2.45, 2.75) is 32.2 Å². The van der Waals surface area contributed by atoms with E-state index in [0.29, 0.717) is 11.4 Å². The first kappa shape index (κ1) is 14.7. The number of aromatic nitrogens is 2. The summed E-state index contributed by atoms with van der Waals surface area (Å²) >= 11 is 0. The maximum atomic E-state index is 12.3. The van der Waals surface area contributed by atoms with Crippen LogP contribution >= 0.6 is 0 Å². The van der Waals surface area contributed by atoms with Gasteiger partial charge < -0.3 is 19.9 Å². The molecule has 0 unspecified atom stereocenters. The Labute approximate surface area is 139 Å². The Morgan fingerprint density at radius 1 is 1.38 bits per heavy atom. The van der Waals surface area contributed by atoms with Crippen LogP contribution in [0.1, 0.15) is 24.2 Å². The molecule has 2 aromatic rings. The van der Waals surface area contributed by atoms with E-state index < -0.39 is 0 Å². The van der Waals surface area contributed by atoms with Crippen LogP contribution in [0.25, 0.3) is 0 Å². The number of nitrogens with one attached hydrogen (secondary N) is 2. The fraction of sp³-hybridized carbons (Fsp3) is 0.353. The van der Waals surface area contributed by atoms with E-state index in [-0.39, 0.29) is 24.8 Å². The largest absolute Gasteiger partial charge is 0.482 e. The molecule has 0 saturated carbocycles. The van der Waals surface area contributed by atoms with Crippen molar-refractivity contribution in [1.82, 2.24) is 9.55 Å². The maximum absolute atomic E-state index is 12.3. The summed E-state index contributed by atoms with van der Waals surface area (Å²) in [6.45, 7) is 0.923. The van der Waals surface area contributed by atoms with E-state index in [1.165, 1.54) is 0 Å². The number of benzene rings is 1. The molecule has 124 valence electrons. The fourth-order valence-corrected chi connectivity index (χ4v) is 3.13. The number of aryl methyl sites for hydroxylation is 1. The number of anilines is 2. The zero-order valence-electron chi connectivity index (χ0n) is 13.2. The van der Waals surface area contributed by atoms with Gasteiger partial charge in [0.2, 0.25) is 5.91 Å². The number of fused-ring (bicyclic) bond motifs is 2. The van der Waals surface area contributed by atoms with Crippen LogP contribution in [0.2, 0.25) is 0 Å². The fourth-order valence-electron chi connectivity index (χ4n) is 3.13. The summed E-state index contributed by atoms with van der Waals surface area (Å²) in [4.78, 5) is 28.1. The first-order valence-electron chi connectivity index (χ1n) is 8.09. The Hall–Kier alpha value is -2.83. The number of hydrogen-bond donors (Lipinski definition) is 2. The van der Waals surface area contributed by atoms with Crippen LogP contribution in [0.4, 0.5) is 11.5 Å². The van der Waals surface area contributed by atoms with Crippen LogP contribution in [-0.4, -0.2) is 28.0 Å². The van der Waals surface area contributed by atoms with Gasteiger partial charge in [-0.15, -0.1) is 0 Å². The van der Waals surface area contributed by atoms with Crippen LogP contribution in [-0.2, 0) is 29.0 Å². The lowest BCUT2D eigenvalue weighted by Gasteiger charge is -2.18. The molecule has 0 spiro atoms. The van der Waals surface area contributed by atoms with Gasteiger partial charge in [0, 0.05) is 13.0 Å². The first-order valence-corrected chi connectivity index (χ1v) is 8.09. The normalized spacial score (nSPS) is 15.8. The van der Waals surface area contributed by atoms with Gasteiger partial charge >= 0.3 is 0 Å². The molecule has 0 bridgehead atoms. The van der Waals surface area contributed by atoms with Gasteiger partial charge in [-0.2, -0.15) is 0 Å². The zero-order valence-corrected chi connectivity index (χ0v) is 13.2. The molecule has 7 nitrogen and oxygen atoms in total. The quantitative estimate of drug-likeness (QED) is 0.899. The van der Waals surface area contributed by atoms with Gasteiger partial charge in [-0.1, -0.05) is 6.07 Å². The molecule has 4 rings (SSSR count). The molecule has 0 fully saturated rings. The lowest BCUT2D eigenvalue weighted by molar-refractivity contribution is -0.118. The second-order valence-corrected chi connectivity index (χ2v) is 6.06. The number of imidazole rings is 1. The number of rotatable bonds is 3. The van der Waals surface area contributed by atoms with Crippen LogP contribution in [0, 0.1) is 0 Å². The molecule has 24 heavy (non-hydrogen) atoms. The number of nitrogens with zero attached hydrogens (tertiary/aromatic N) is 2. The maximum Gasteiger partial charge on any atom is 0.262 e. The van der Waals surface area contributed by atoms with Crippen LogP contribution in [0.3, 0.4) is 0 Å². The Kier molecular flexibility index (Phi) is 3.68. The van der Waals surface area contributed by atoms with Crippen LogP contribution in [0.5, 0.6) is 5.75 Å². The minimum Gasteiger partial charge on any atom is -0.482 e. The molecule has 1 aromatic carbocycles. The van der Waals surface area contributed by atoms with Gasteiger partial charge in [0.15, 0.2) is 6.61 Å². The van der Waals surface area contributed by atoms with Crippen molar-refractivity contribution < 1.29 is 14.3 Å². The van der Waals surface area contributed by atoms with Crippen molar-refractivity contribution in [3.63, 3.8) is 0 Å². The predicted molar refractivity (Wildman–Crippen MR) is 88.1 cm³/mol. The molecule has 3 heterocycles. The molecule has 0 atom stereocenters. The molecule has 2 amide bonds. The summed E-state index contributed by atoms with van der Waals surface area (Å²) in [6.07, 6.45) is 5.16. The summed E-state index contributed by atoms with van der Waals surface area (Å²) in [6, 6.07) is 5.39. The number of carbonyl (C=O) groups excluding carboxylic acids is 2. The van der Waals surface area contributed by atoms with E-state index in [1.807, 2.05) is 6.07 Å². The van der Waals surface area contributed by atoms with Crippen LogP contribution in [0.15, 0.2) is 24.4 Å². The summed E-state index contributed by atoms with van der Waals surface area (Å²) in [7, 11) is 0. The standard InChI is InChI=1S/C17H18N4O3/c22-16(20-15-9-18-14-3-1-2-6-21(14)15)8-11-4-5-13-12(7-11)19-17(23)10-24-13/h4-5,7,9H,1-3,6,8,10H2,(H,19,23)(H,20,22). The summed E-state index contributed by atoms with van der Waals surface area (Å²) in [5.74, 6) is 2.12. The number of hydrogen-bond acceptors (Lipinski definition) is 4. The van der Waals surface area contributed by atoms with Crippen molar-refractivity contribution in [3.8, 4) is 5.75 Å². The van der Waals surface area contributed by atoms with Gasteiger partial charge in [-0.3, -0.25) is 9.59 Å². The predicted octanol–water partition coefficient (Wildman–Crippen LogP) is 1.73. The van der Waals surface area contributed by atoms with Gasteiger partial charge in [-0.05, 0) is 30.5 Å². The summed E-state index contributed by atoms with van der Waals surface area (Å²) in [5, 5.41) is 5.68. The van der Waals surface area contributed by atoms with Gasteiger partial charge in [0.25, 0.3) is 5.91 Å². The van der Waals surface area contributed by atoms with Gasteiger partial charge in [-0.25, -0.2) is 4.98 Å². The third kappa shape index (κ3) is 2.84. The second kappa shape index (κ2) is 5.99. The van der Waals surface area contributed by atoms with Gasteiger partial charge in [0.1, 0.15) is 17.4 Å². The minimum absolute atomic E-state index is 0.0269. The Morgan fingerprint density at radius 3 is 3.21 bits per heavy atom. The summed E-state index contributed by atoms with van der Waals surface area (Å²) in [5.41, 5.74) is 1.42. The van der Waals surface area contributed by atoms with E-state index in [4.69, 9.17) is 4.74 Å². The second-order valence-electron chi connectivity index (χ2n) is 6.06. The summed E-state index contributed by atoms with van der Waals surface area (Å²) < 4.78 is 7.39. The highest BCUT2D eigenvalue weighted by Gasteiger charge is 2.18. The highest BCUT2D eigenvalue weighted by atomic mass is 16.5. The molecular weight excluding hydrogens is 308 g/mol.